The molecule has 5 heteroatoms. The zero-order chi connectivity index (χ0) is 13.9. The number of nitrogen functional groups attached to an aromatic ring is 1. The Bertz CT molecular complexity index is 550. The Kier molecular flexibility index (Phi) is 4.53. The molecule has 0 aromatic heterocycles. The highest BCUT2D eigenvalue weighted by atomic mass is 32.2. The second kappa shape index (κ2) is 5.54. The van der Waals surface area contributed by atoms with Gasteiger partial charge in [0.1, 0.15) is 0 Å². The van der Waals surface area contributed by atoms with Crippen molar-refractivity contribution < 1.29 is 8.42 Å². The highest BCUT2D eigenvalue weighted by Crippen LogP contribution is 2.22. The van der Waals surface area contributed by atoms with Crippen molar-refractivity contribution in [3.63, 3.8) is 0 Å². The van der Waals surface area contributed by atoms with Gasteiger partial charge in [-0.3, -0.25) is 0 Å². The zero-order valence-corrected chi connectivity index (χ0v) is 11.9. The Morgan fingerprint density at radius 2 is 2.06 bits per heavy atom. The van der Waals surface area contributed by atoms with Crippen molar-refractivity contribution >= 4 is 15.7 Å². The summed E-state index contributed by atoms with van der Waals surface area (Å²) >= 11 is 0. The van der Waals surface area contributed by atoms with E-state index in [9.17, 15) is 8.42 Å². The number of aryl methyl sites for hydroxylation is 1. The predicted molar refractivity (Wildman–Crippen MR) is 74.8 cm³/mol. The fourth-order valence-electron chi connectivity index (χ4n) is 1.70. The van der Waals surface area contributed by atoms with Gasteiger partial charge < -0.3 is 5.73 Å². The number of nitrogens with two attached hydrogens (primary N) is 1. The van der Waals surface area contributed by atoms with E-state index in [4.69, 9.17) is 5.73 Å². The summed E-state index contributed by atoms with van der Waals surface area (Å²) < 4.78 is 26.4. The average molecular weight is 268 g/mol. The molecule has 1 aromatic carbocycles. The van der Waals surface area contributed by atoms with Crippen molar-refractivity contribution in [2.45, 2.75) is 25.7 Å². The Labute approximate surface area is 109 Å². The molecule has 2 N–H and O–H groups in total. The van der Waals surface area contributed by atoms with Gasteiger partial charge in [0.15, 0.2) is 0 Å². The van der Waals surface area contributed by atoms with E-state index in [1.54, 1.807) is 19.1 Å². The first-order chi connectivity index (χ1) is 8.28. The van der Waals surface area contributed by atoms with Crippen molar-refractivity contribution in [3.05, 3.63) is 35.9 Å². The van der Waals surface area contributed by atoms with Crippen LogP contribution in [0.15, 0.2) is 35.2 Å². The number of anilines is 1. The summed E-state index contributed by atoms with van der Waals surface area (Å²) in [5.74, 6) is 0. The first-order valence-electron chi connectivity index (χ1n) is 5.79. The fourth-order valence-corrected chi connectivity index (χ4v) is 3.47. The molecule has 0 aliphatic carbocycles. The van der Waals surface area contributed by atoms with Crippen LogP contribution >= 0.6 is 0 Å². The lowest BCUT2D eigenvalue weighted by Gasteiger charge is -2.21. The molecular formula is C13H20N2O2S. The predicted octanol–water partition coefficient (Wildman–Crippen LogP) is 2.16. The third kappa shape index (κ3) is 3.11. The van der Waals surface area contributed by atoms with Crippen molar-refractivity contribution in [2.24, 2.45) is 0 Å². The van der Waals surface area contributed by atoms with E-state index in [0.29, 0.717) is 24.3 Å². The molecule has 0 radical (unpaired) electrons. The number of benzene rings is 1. The molecular weight excluding hydrogens is 248 g/mol. The Morgan fingerprint density at radius 3 is 2.56 bits per heavy atom. The van der Waals surface area contributed by atoms with E-state index in [2.05, 4.69) is 6.58 Å². The normalized spacial score (nSPS) is 11.8. The SMILES string of the molecule is C=C(C)CN(CC)S(=O)(=O)c1cc(N)ccc1C. The maximum absolute atomic E-state index is 12.5. The maximum Gasteiger partial charge on any atom is 0.243 e. The first kappa shape index (κ1) is 14.7. The van der Waals surface area contributed by atoms with Gasteiger partial charge in [-0.2, -0.15) is 4.31 Å². The van der Waals surface area contributed by atoms with Gasteiger partial charge >= 0.3 is 0 Å². The van der Waals surface area contributed by atoms with Crippen LogP contribution in [0.25, 0.3) is 0 Å². The topological polar surface area (TPSA) is 63.4 Å². The van der Waals surface area contributed by atoms with Gasteiger partial charge in [-0.05, 0) is 31.5 Å². The summed E-state index contributed by atoms with van der Waals surface area (Å²) in [6, 6.07) is 4.92. The van der Waals surface area contributed by atoms with E-state index < -0.39 is 10.0 Å². The lowest BCUT2D eigenvalue weighted by atomic mass is 10.2. The maximum atomic E-state index is 12.5. The van der Waals surface area contributed by atoms with Crippen LogP contribution in [0.1, 0.15) is 19.4 Å². The number of rotatable bonds is 5. The highest BCUT2D eigenvalue weighted by Gasteiger charge is 2.24. The second-order valence-corrected chi connectivity index (χ2v) is 6.32. The van der Waals surface area contributed by atoms with Gasteiger partial charge in [-0.15, -0.1) is 0 Å². The molecule has 100 valence electrons. The number of likely N-dealkylation sites (N-methyl/N-ethyl adjacent to an activating group) is 1. The Balaban J connectivity index is 3.26. The summed E-state index contributed by atoms with van der Waals surface area (Å²) in [7, 11) is -3.51. The molecule has 0 atom stereocenters. The van der Waals surface area contributed by atoms with Gasteiger partial charge in [0.25, 0.3) is 0 Å². The van der Waals surface area contributed by atoms with Gasteiger partial charge in [0, 0.05) is 18.8 Å². The molecule has 1 aromatic rings. The van der Waals surface area contributed by atoms with Crippen molar-refractivity contribution in [1.82, 2.24) is 4.31 Å². The molecule has 0 saturated carbocycles. The monoisotopic (exact) mass is 268 g/mol. The molecule has 0 saturated heterocycles. The smallest absolute Gasteiger partial charge is 0.243 e. The summed E-state index contributed by atoms with van der Waals surface area (Å²) in [6.45, 7) is 9.87. The van der Waals surface area contributed by atoms with E-state index in [1.807, 2.05) is 13.8 Å². The highest BCUT2D eigenvalue weighted by molar-refractivity contribution is 7.89. The molecule has 0 aliphatic rings. The molecule has 0 spiro atoms. The number of hydrogen-bond acceptors (Lipinski definition) is 3. The molecule has 0 fully saturated rings. The van der Waals surface area contributed by atoms with Crippen LogP contribution in [-0.2, 0) is 10.0 Å². The third-order valence-electron chi connectivity index (χ3n) is 2.63. The van der Waals surface area contributed by atoms with Crippen molar-refractivity contribution in [1.29, 1.82) is 0 Å². The van der Waals surface area contributed by atoms with Crippen LogP contribution in [0.5, 0.6) is 0 Å². The van der Waals surface area contributed by atoms with Crippen LogP contribution in [0, 0.1) is 6.92 Å². The van der Waals surface area contributed by atoms with E-state index in [-0.39, 0.29) is 4.90 Å². The van der Waals surface area contributed by atoms with Gasteiger partial charge in [0.05, 0.1) is 4.90 Å². The summed E-state index contributed by atoms with van der Waals surface area (Å²) in [5, 5.41) is 0. The number of sulfonamides is 1. The van der Waals surface area contributed by atoms with Crippen LogP contribution in [0.3, 0.4) is 0 Å². The van der Waals surface area contributed by atoms with E-state index in [1.165, 1.54) is 10.4 Å². The van der Waals surface area contributed by atoms with E-state index in [0.717, 1.165) is 5.57 Å². The minimum absolute atomic E-state index is 0.269. The minimum Gasteiger partial charge on any atom is -0.399 e. The molecule has 0 amide bonds. The largest absolute Gasteiger partial charge is 0.399 e. The molecule has 0 aliphatic heterocycles. The quantitative estimate of drug-likeness (QED) is 0.657. The molecule has 0 unspecified atom stereocenters. The summed E-state index contributed by atoms with van der Waals surface area (Å²) in [4.78, 5) is 0.269. The molecule has 0 bridgehead atoms. The first-order valence-corrected chi connectivity index (χ1v) is 7.23. The van der Waals surface area contributed by atoms with Crippen LogP contribution in [-0.4, -0.2) is 25.8 Å². The lowest BCUT2D eigenvalue weighted by molar-refractivity contribution is 0.452. The van der Waals surface area contributed by atoms with E-state index >= 15 is 0 Å². The number of nitrogens with zero attached hydrogens (tertiary/aromatic N) is 1. The van der Waals surface area contributed by atoms with Crippen LogP contribution < -0.4 is 5.73 Å². The second-order valence-electron chi connectivity index (χ2n) is 4.41. The molecule has 0 heterocycles. The van der Waals surface area contributed by atoms with Crippen molar-refractivity contribution in [3.8, 4) is 0 Å². The van der Waals surface area contributed by atoms with Gasteiger partial charge in [0.2, 0.25) is 10.0 Å². The number of hydrogen-bond donors (Lipinski definition) is 1. The summed E-state index contributed by atoms with van der Waals surface area (Å²) in [5.41, 5.74) is 7.62. The van der Waals surface area contributed by atoms with Gasteiger partial charge in [-0.1, -0.05) is 25.1 Å². The molecule has 4 nitrogen and oxygen atoms in total. The van der Waals surface area contributed by atoms with Crippen LogP contribution in [0.2, 0.25) is 0 Å². The Hall–Kier alpha value is -1.33. The average Bonchev–Trinajstić information content (AvgIpc) is 2.28. The Morgan fingerprint density at radius 1 is 1.44 bits per heavy atom. The van der Waals surface area contributed by atoms with Crippen LogP contribution in [0.4, 0.5) is 5.69 Å². The zero-order valence-electron chi connectivity index (χ0n) is 11.1. The minimum atomic E-state index is -3.51. The fraction of sp³-hybridized carbons (Fsp3) is 0.385. The standard InChI is InChI=1S/C13H20N2O2S/c1-5-15(9-10(2)3)18(16,17)13-8-12(14)7-6-11(13)4/h6-8H,2,5,9,14H2,1,3-4H3. The summed E-state index contributed by atoms with van der Waals surface area (Å²) in [6.07, 6.45) is 0. The third-order valence-corrected chi connectivity index (χ3v) is 4.69. The lowest BCUT2D eigenvalue weighted by Crippen LogP contribution is -2.32. The van der Waals surface area contributed by atoms with Crippen molar-refractivity contribution in [2.75, 3.05) is 18.8 Å². The molecule has 18 heavy (non-hydrogen) atoms. The molecule has 1 rings (SSSR count). The van der Waals surface area contributed by atoms with Gasteiger partial charge in [-0.25, -0.2) is 8.42 Å².